The molecule has 0 bridgehead atoms. The van der Waals surface area contributed by atoms with E-state index in [4.69, 9.17) is 0 Å². The molecule has 0 aliphatic heterocycles. The summed E-state index contributed by atoms with van der Waals surface area (Å²) in [5.41, 5.74) is 1.29. The summed E-state index contributed by atoms with van der Waals surface area (Å²) in [6.07, 6.45) is 6.95. The fourth-order valence-electron chi connectivity index (χ4n) is 2.42. The SMILES string of the molecule is C=CC1CCC(c2ccc(F)cc2)CC1. The molecular formula is C14H17F. The second-order valence-corrected chi connectivity index (χ2v) is 4.40. The van der Waals surface area contributed by atoms with Crippen molar-refractivity contribution >= 4 is 0 Å². The molecule has 0 saturated heterocycles. The van der Waals surface area contributed by atoms with E-state index in [0.717, 1.165) is 0 Å². The van der Waals surface area contributed by atoms with Crippen LogP contribution in [0.5, 0.6) is 0 Å². The minimum absolute atomic E-state index is 0.140. The van der Waals surface area contributed by atoms with Crippen molar-refractivity contribution < 1.29 is 4.39 Å². The van der Waals surface area contributed by atoms with Crippen LogP contribution in [0.25, 0.3) is 0 Å². The normalized spacial score (nSPS) is 26.2. The van der Waals surface area contributed by atoms with Crippen LogP contribution in [0.4, 0.5) is 4.39 Å². The summed E-state index contributed by atoms with van der Waals surface area (Å²) in [4.78, 5) is 0. The average molecular weight is 204 g/mol. The molecule has 1 aliphatic rings. The van der Waals surface area contributed by atoms with Gasteiger partial charge in [-0.1, -0.05) is 18.2 Å². The highest BCUT2D eigenvalue weighted by atomic mass is 19.1. The number of rotatable bonds is 2. The molecule has 1 aromatic carbocycles. The molecular weight excluding hydrogens is 187 g/mol. The van der Waals surface area contributed by atoms with Gasteiger partial charge in [0.25, 0.3) is 0 Å². The quantitative estimate of drug-likeness (QED) is 0.630. The van der Waals surface area contributed by atoms with Crippen LogP contribution in [0.1, 0.15) is 37.2 Å². The molecule has 0 nitrogen and oxygen atoms in total. The molecule has 0 amide bonds. The summed E-state index contributed by atoms with van der Waals surface area (Å²) in [5.74, 6) is 1.18. The molecule has 0 radical (unpaired) electrons. The Morgan fingerprint density at radius 1 is 1.07 bits per heavy atom. The van der Waals surface area contributed by atoms with Crippen LogP contribution in [0.2, 0.25) is 0 Å². The highest BCUT2D eigenvalue weighted by molar-refractivity contribution is 5.21. The Morgan fingerprint density at radius 3 is 2.20 bits per heavy atom. The minimum atomic E-state index is -0.140. The van der Waals surface area contributed by atoms with Crippen LogP contribution in [0, 0.1) is 11.7 Å². The monoisotopic (exact) mass is 204 g/mol. The first kappa shape index (κ1) is 10.4. The molecule has 15 heavy (non-hydrogen) atoms. The van der Waals surface area contributed by atoms with E-state index in [0.29, 0.717) is 11.8 Å². The van der Waals surface area contributed by atoms with Gasteiger partial charge in [0.05, 0.1) is 0 Å². The maximum absolute atomic E-state index is 12.8. The Bertz CT molecular complexity index is 318. The molecule has 1 heteroatoms. The van der Waals surface area contributed by atoms with Gasteiger partial charge in [0, 0.05) is 0 Å². The molecule has 80 valence electrons. The molecule has 1 saturated carbocycles. The topological polar surface area (TPSA) is 0 Å². The predicted octanol–water partition coefficient (Wildman–Crippen LogP) is 4.29. The zero-order chi connectivity index (χ0) is 10.7. The number of benzene rings is 1. The van der Waals surface area contributed by atoms with Gasteiger partial charge in [-0.05, 0) is 55.2 Å². The van der Waals surface area contributed by atoms with Crippen LogP contribution in [-0.4, -0.2) is 0 Å². The third-order valence-electron chi connectivity index (χ3n) is 3.45. The zero-order valence-electron chi connectivity index (χ0n) is 8.95. The number of allylic oxidation sites excluding steroid dienone is 1. The number of hydrogen-bond donors (Lipinski definition) is 0. The molecule has 0 atom stereocenters. The maximum atomic E-state index is 12.8. The van der Waals surface area contributed by atoms with E-state index in [1.165, 1.54) is 31.2 Å². The lowest BCUT2D eigenvalue weighted by Gasteiger charge is -2.26. The van der Waals surface area contributed by atoms with E-state index in [1.807, 2.05) is 12.1 Å². The van der Waals surface area contributed by atoms with Gasteiger partial charge >= 0.3 is 0 Å². The summed E-state index contributed by atoms with van der Waals surface area (Å²) in [6, 6.07) is 6.98. The lowest BCUT2D eigenvalue weighted by atomic mass is 9.79. The van der Waals surface area contributed by atoms with Crippen molar-refractivity contribution in [2.45, 2.75) is 31.6 Å². The first-order valence-electron chi connectivity index (χ1n) is 5.67. The number of halogens is 1. The van der Waals surface area contributed by atoms with Crippen molar-refractivity contribution in [2.24, 2.45) is 5.92 Å². The van der Waals surface area contributed by atoms with Crippen LogP contribution in [0.15, 0.2) is 36.9 Å². The third-order valence-corrected chi connectivity index (χ3v) is 3.45. The molecule has 2 rings (SSSR count). The van der Waals surface area contributed by atoms with Crippen LogP contribution >= 0.6 is 0 Å². The van der Waals surface area contributed by atoms with Crippen molar-refractivity contribution in [3.63, 3.8) is 0 Å². The lowest BCUT2D eigenvalue weighted by molar-refractivity contribution is 0.376. The summed E-state index contributed by atoms with van der Waals surface area (Å²) >= 11 is 0. The zero-order valence-corrected chi connectivity index (χ0v) is 8.95. The summed E-state index contributed by atoms with van der Waals surface area (Å²) in [7, 11) is 0. The molecule has 1 aromatic rings. The molecule has 0 N–H and O–H groups in total. The van der Waals surface area contributed by atoms with Gasteiger partial charge in [0.1, 0.15) is 5.82 Å². The van der Waals surface area contributed by atoms with E-state index >= 15 is 0 Å². The van der Waals surface area contributed by atoms with Gasteiger partial charge in [0.15, 0.2) is 0 Å². The van der Waals surface area contributed by atoms with Crippen molar-refractivity contribution in [1.29, 1.82) is 0 Å². The van der Waals surface area contributed by atoms with E-state index in [1.54, 1.807) is 12.1 Å². The molecule has 0 spiro atoms. The van der Waals surface area contributed by atoms with Gasteiger partial charge in [-0.2, -0.15) is 0 Å². The third kappa shape index (κ3) is 2.47. The van der Waals surface area contributed by atoms with Gasteiger partial charge < -0.3 is 0 Å². The Kier molecular flexibility index (Phi) is 3.20. The minimum Gasteiger partial charge on any atom is -0.207 e. The Labute approximate surface area is 90.8 Å². The van der Waals surface area contributed by atoms with E-state index < -0.39 is 0 Å². The van der Waals surface area contributed by atoms with E-state index in [-0.39, 0.29) is 5.82 Å². The Hall–Kier alpha value is -1.11. The largest absolute Gasteiger partial charge is 0.207 e. The fourth-order valence-corrected chi connectivity index (χ4v) is 2.42. The van der Waals surface area contributed by atoms with E-state index in [2.05, 4.69) is 12.7 Å². The standard InChI is InChI=1S/C14H17F/c1-2-11-3-5-12(6-4-11)13-7-9-14(15)10-8-13/h2,7-12H,1,3-6H2. The molecule has 1 aliphatic carbocycles. The predicted molar refractivity (Wildman–Crippen MR) is 61.3 cm³/mol. The summed E-state index contributed by atoms with van der Waals surface area (Å²) in [6.45, 7) is 3.84. The highest BCUT2D eigenvalue weighted by Gasteiger charge is 2.20. The molecule has 1 fully saturated rings. The lowest BCUT2D eigenvalue weighted by Crippen LogP contribution is -2.11. The van der Waals surface area contributed by atoms with Gasteiger partial charge in [-0.3, -0.25) is 0 Å². The summed E-state index contributed by atoms with van der Waals surface area (Å²) in [5, 5.41) is 0. The van der Waals surface area contributed by atoms with Crippen LogP contribution in [-0.2, 0) is 0 Å². The second kappa shape index (κ2) is 4.61. The smallest absolute Gasteiger partial charge is 0.123 e. The first-order chi connectivity index (χ1) is 7.29. The van der Waals surface area contributed by atoms with Gasteiger partial charge in [-0.25, -0.2) is 4.39 Å². The van der Waals surface area contributed by atoms with Crippen molar-refractivity contribution in [1.82, 2.24) is 0 Å². The molecule has 0 aromatic heterocycles. The Morgan fingerprint density at radius 2 is 1.67 bits per heavy atom. The average Bonchev–Trinajstić information content (AvgIpc) is 2.30. The number of hydrogen-bond acceptors (Lipinski definition) is 0. The fraction of sp³-hybridized carbons (Fsp3) is 0.429. The van der Waals surface area contributed by atoms with Crippen LogP contribution in [0.3, 0.4) is 0 Å². The Balaban J connectivity index is 2.01. The molecule has 0 heterocycles. The maximum Gasteiger partial charge on any atom is 0.123 e. The molecule has 0 unspecified atom stereocenters. The van der Waals surface area contributed by atoms with E-state index in [9.17, 15) is 4.39 Å². The summed E-state index contributed by atoms with van der Waals surface area (Å²) < 4.78 is 12.8. The van der Waals surface area contributed by atoms with Gasteiger partial charge in [-0.15, -0.1) is 6.58 Å². The van der Waals surface area contributed by atoms with Crippen LogP contribution < -0.4 is 0 Å². The second-order valence-electron chi connectivity index (χ2n) is 4.40. The highest BCUT2D eigenvalue weighted by Crippen LogP contribution is 2.35. The van der Waals surface area contributed by atoms with Crippen molar-refractivity contribution in [3.05, 3.63) is 48.3 Å². The van der Waals surface area contributed by atoms with Gasteiger partial charge in [0.2, 0.25) is 0 Å². The van der Waals surface area contributed by atoms with Crippen molar-refractivity contribution in [3.8, 4) is 0 Å². The first-order valence-corrected chi connectivity index (χ1v) is 5.67. The van der Waals surface area contributed by atoms with Crippen molar-refractivity contribution in [2.75, 3.05) is 0 Å².